The number of ether oxygens (including phenoxy) is 2. The number of halogens is 1. The Bertz CT molecular complexity index is 568. The summed E-state index contributed by atoms with van der Waals surface area (Å²) < 4.78 is 10.4. The van der Waals surface area contributed by atoms with Crippen LogP contribution in [0.25, 0.3) is 0 Å². The third-order valence-electron chi connectivity index (χ3n) is 2.50. The molecule has 0 saturated heterocycles. The summed E-state index contributed by atoms with van der Waals surface area (Å²) in [6, 6.07) is 7.05. The van der Waals surface area contributed by atoms with Crippen molar-refractivity contribution in [1.29, 1.82) is 0 Å². The van der Waals surface area contributed by atoms with E-state index >= 15 is 0 Å². The van der Waals surface area contributed by atoms with Gasteiger partial charge in [0.15, 0.2) is 5.82 Å². The van der Waals surface area contributed by atoms with Crippen LogP contribution in [0.5, 0.6) is 11.5 Å². The molecule has 2 aromatic rings. The van der Waals surface area contributed by atoms with E-state index in [0.29, 0.717) is 28.0 Å². The Morgan fingerprint density at radius 3 is 2.26 bits per heavy atom. The van der Waals surface area contributed by atoms with Crippen LogP contribution in [0, 0.1) is 0 Å². The molecule has 1 heterocycles. The number of aromatic nitrogens is 1. The molecule has 0 bridgehead atoms. The molecule has 3 N–H and O–H groups in total. The summed E-state index contributed by atoms with van der Waals surface area (Å²) in [5.74, 6) is 1.88. The second kappa shape index (κ2) is 5.67. The Hall–Kier alpha value is -2.14. The topological polar surface area (TPSA) is 69.4 Å². The van der Waals surface area contributed by atoms with Gasteiger partial charge in [-0.15, -0.1) is 0 Å². The van der Waals surface area contributed by atoms with Crippen LogP contribution in [-0.4, -0.2) is 19.2 Å². The van der Waals surface area contributed by atoms with Crippen molar-refractivity contribution in [1.82, 2.24) is 4.98 Å². The van der Waals surface area contributed by atoms with Crippen molar-refractivity contribution in [3.05, 3.63) is 35.5 Å². The fourth-order valence-electron chi connectivity index (χ4n) is 1.58. The maximum Gasteiger partial charge on any atom is 0.153 e. The summed E-state index contributed by atoms with van der Waals surface area (Å²) in [6.07, 6.45) is 1.53. The lowest BCUT2D eigenvalue weighted by Crippen LogP contribution is -1.99. The van der Waals surface area contributed by atoms with Crippen molar-refractivity contribution in [3.63, 3.8) is 0 Å². The Morgan fingerprint density at radius 1 is 1.11 bits per heavy atom. The third kappa shape index (κ3) is 3.20. The van der Waals surface area contributed by atoms with Gasteiger partial charge in [0.2, 0.25) is 0 Å². The molecule has 0 aliphatic carbocycles. The summed E-state index contributed by atoms with van der Waals surface area (Å²) in [4.78, 5) is 4.13. The van der Waals surface area contributed by atoms with E-state index in [4.69, 9.17) is 26.8 Å². The van der Waals surface area contributed by atoms with Crippen LogP contribution in [0.3, 0.4) is 0 Å². The molecule has 0 aliphatic rings. The molecule has 2 rings (SSSR count). The molecule has 19 heavy (non-hydrogen) atoms. The number of pyridine rings is 1. The van der Waals surface area contributed by atoms with Crippen molar-refractivity contribution in [2.45, 2.75) is 0 Å². The number of hydrogen-bond acceptors (Lipinski definition) is 5. The zero-order chi connectivity index (χ0) is 13.8. The zero-order valence-corrected chi connectivity index (χ0v) is 11.4. The van der Waals surface area contributed by atoms with Gasteiger partial charge in [-0.25, -0.2) is 4.98 Å². The quantitative estimate of drug-likeness (QED) is 0.900. The van der Waals surface area contributed by atoms with E-state index in [2.05, 4.69) is 10.3 Å². The number of nitrogens with one attached hydrogen (secondary N) is 1. The maximum atomic E-state index is 5.84. The molecular weight excluding hydrogens is 266 g/mol. The Morgan fingerprint density at radius 2 is 1.74 bits per heavy atom. The van der Waals surface area contributed by atoms with Crippen LogP contribution >= 0.6 is 11.6 Å². The lowest BCUT2D eigenvalue weighted by Gasteiger charge is -2.11. The predicted octanol–water partition coefficient (Wildman–Crippen LogP) is 3.08. The van der Waals surface area contributed by atoms with Crippen molar-refractivity contribution in [3.8, 4) is 11.5 Å². The summed E-state index contributed by atoms with van der Waals surface area (Å²) >= 11 is 5.80. The summed E-state index contributed by atoms with van der Waals surface area (Å²) in [7, 11) is 3.18. The molecule has 1 aromatic carbocycles. The van der Waals surface area contributed by atoms with Gasteiger partial charge in [0.1, 0.15) is 11.5 Å². The zero-order valence-electron chi connectivity index (χ0n) is 10.6. The average Bonchev–Trinajstić information content (AvgIpc) is 2.41. The predicted molar refractivity (Wildman–Crippen MR) is 76.5 cm³/mol. The van der Waals surface area contributed by atoms with E-state index in [1.165, 1.54) is 6.20 Å². The molecule has 0 fully saturated rings. The first-order chi connectivity index (χ1) is 9.12. The van der Waals surface area contributed by atoms with Crippen molar-refractivity contribution >= 4 is 28.8 Å². The fourth-order valence-corrected chi connectivity index (χ4v) is 1.74. The number of methoxy groups -OCH3 is 2. The number of nitrogen functional groups attached to an aromatic ring is 1. The highest BCUT2D eigenvalue weighted by Gasteiger charge is 2.06. The maximum absolute atomic E-state index is 5.84. The monoisotopic (exact) mass is 279 g/mol. The van der Waals surface area contributed by atoms with Gasteiger partial charge in [-0.3, -0.25) is 0 Å². The van der Waals surface area contributed by atoms with Gasteiger partial charge in [-0.1, -0.05) is 11.6 Å². The molecule has 1 aromatic heterocycles. The molecule has 0 atom stereocenters. The van der Waals surface area contributed by atoms with E-state index in [-0.39, 0.29) is 0 Å². The standard InChI is InChI=1S/C13H14ClN3O2/c1-18-10-4-9(5-11(6-10)19-2)17-13-12(15)3-8(14)7-16-13/h3-7H,15H2,1-2H3,(H,16,17). The number of hydrogen-bond donors (Lipinski definition) is 2. The molecule has 0 radical (unpaired) electrons. The molecule has 5 nitrogen and oxygen atoms in total. The van der Waals surface area contributed by atoms with Gasteiger partial charge in [0.25, 0.3) is 0 Å². The highest BCUT2D eigenvalue weighted by atomic mass is 35.5. The first kappa shape index (κ1) is 13.3. The van der Waals surface area contributed by atoms with E-state index < -0.39 is 0 Å². The van der Waals surface area contributed by atoms with Crippen molar-refractivity contribution in [2.75, 3.05) is 25.3 Å². The van der Waals surface area contributed by atoms with Gasteiger partial charge >= 0.3 is 0 Å². The van der Waals surface area contributed by atoms with Gasteiger partial charge in [0.05, 0.1) is 24.9 Å². The first-order valence-corrected chi connectivity index (χ1v) is 5.91. The first-order valence-electron chi connectivity index (χ1n) is 5.53. The highest BCUT2D eigenvalue weighted by molar-refractivity contribution is 6.30. The van der Waals surface area contributed by atoms with Crippen LogP contribution in [0.4, 0.5) is 17.2 Å². The van der Waals surface area contributed by atoms with Crippen LogP contribution < -0.4 is 20.5 Å². The molecule has 6 heteroatoms. The largest absolute Gasteiger partial charge is 0.497 e. The molecule has 100 valence electrons. The minimum atomic E-state index is 0.467. The highest BCUT2D eigenvalue weighted by Crippen LogP contribution is 2.29. The molecule has 0 unspecified atom stereocenters. The summed E-state index contributed by atoms with van der Waals surface area (Å²) in [6.45, 7) is 0. The van der Waals surface area contributed by atoms with Gasteiger partial charge in [-0.05, 0) is 6.07 Å². The van der Waals surface area contributed by atoms with Crippen LogP contribution in [-0.2, 0) is 0 Å². The fraction of sp³-hybridized carbons (Fsp3) is 0.154. The van der Waals surface area contributed by atoms with Crippen LogP contribution in [0.1, 0.15) is 0 Å². The third-order valence-corrected chi connectivity index (χ3v) is 2.70. The van der Waals surface area contributed by atoms with E-state index in [0.717, 1.165) is 5.69 Å². The molecular formula is C13H14ClN3O2. The molecule has 0 aliphatic heterocycles. The van der Waals surface area contributed by atoms with Gasteiger partial charge < -0.3 is 20.5 Å². The second-order valence-electron chi connectivity index (χ2n) is 3.82. The van der Waals surface area contributed by atoms with Gasteiger partial charge in [-0.2, -0.15) is 0 Å². The number of nitrogens with two attached hydrogens (primary N) is 1. The lowest BCUT2D eigenvalue weighted by molar-refractivity contribution is 0.395. The minimum Gasteiger partial charge on any atom is -0.497 e. The number of rotatable bonds is 4. The Labute approximate surface area is 116 Å². The SMILES string of the molecule is COc1cc(Nc2ncc(Cl)cc2N)cc(OC)c1. The normalized spacial score (nSPS) is 10.1. The smallest absolute Gasteiger partial charge is 0.153 e. The number of nitrogens with zero attached hydrogens (tertiary/aromatic N) is 1. The van der Waals surface area contributed by atoms with Crippen LogP contribution in [0.15, 0.2) is 30.5 Å². The van der Waals surface area contributed by atoms with Crippen LogP contribution in [0.2, 0.25) is 5.02 Å². The number of benzene rings is 1. The number of anilines is 3. The molecule has 0 amide bonds. The second-order valence-corrected chi connectivity index (χ2v) is 4.25. The van der Waals surface area contributed by atoms with E-state index in [1.54, 1.807) is 26.4 Å². The van der Waals surface area contributed by atoms with E-state index in [9.17, 15) is 0 Å². The average molecular weight is 280 g/mol. The Kier molecular flexibility index (Phi) is 3.97. The molecule has 0 saturated carbocycles. The van der Waals surface area contributed by atoms with E-state index in [1.807, 2.05) is 12.1 Å². The Balaban J connectivity index is 2.31. The lowest BCUT2D eigenvalue weighted by atomic mass is 10.2. The summed E-state index contributed by atoms with van der Waals surface area (Å²) in [5.41, 5.74) is 7.07. The summed E-state index contributed by atoms with van der Waals surface area (Å²) in [5, 5.41) is 3.59. The van der Waals surface area contributed by atoms with Crippen molar-refractivity contribution < 1.29 is 9.47 Å². The van der Waals surface area contributed by atoms with Gasteiger partial charge in [0, 0.05) is 30.1 Å². The molecule has 0 spiro atoms. The van der Waals surface area contributed by atoms with Crippen molar-refractivity contribution in [2.24, 2.45) is 0 Å². The minimum absolute atomic E-state index is 0.467.